The molecule has 1 fully saturated rings. The molecule has 32 heavy (non-hydrogen) atoms. The first kappa shape index (κ1) is 24.5. The number of amides is 1. The van der Waals surface area contributed by atoms with Gasteiger partial charge < -0.3 is 5.32 Å². The van der Waals surface area contributed by atoms with Gasteiger partial charge in [0.1, 0.15) is 13.5 Å². The van der Waals surface area contributed by atoms with E-state index >= 15 is 0 Å². The van der Waals surface area contributed by atoms with Crippen LogP contribution in [0.2, 0.25) is 16.6 Å². The van der Waals surface area contributed by atoms with Gasteiger partial charge in [0.05, 0.1) is 6.04 Å². The fourth-order valence-electron chi connectivity index (χ4n) is 6.47. The molecule has 3 nitrogen and oxygen atoms in total. The second-order valence-corrected chi connectivity index (χ2v) is 15.9. The van der Waals surface area contributed by atoms with Gasteiger partial charge in [0.2, 0.25) is 5.91 Å². The van der Waals surface area contributed by atoms with E-state index < -0.39 is 13.5 Å². The largest absolute Gasteiger partial charge is 0.325 e. The van der Waals surface area contributed by atoms with Crippen LogP contribution in [0.5, 0.6) is 0 Å². The smallest absolute Gasteiger partial charge is 0.237 e. The summed E-state index contributed by atoms with van der Waals surface area (Å²) >= 11 is 0. The number of hydrogen-bond donors (Lipinski definition) is 1. The van der Waals surface area contributed by atoms with Gasteiger partial charge in [-0.2, -0.15) is 0 Å². The minimum atomic E-state index is -1.93. The van der Waals surface area contributed by atoms with E-state index in [1.54, 1.807) is 0 Å². The minimum absolute atomic E-state index is 0.0879. The molecule has 0 radical (unpaired) electrons. The summed E-state index contributed by atoms with van der Waals surface area (Å²) in [5, 5.41) is 3.18. The van der Waals surface area contributed by atoms with Crippen LogP contribution in [0, 0.1) is 11.5 Å². The molecule has 3 atom stereocenters. The number of benzene rings is 1. The van der Waals surface area contributed by atoms with Crippen molar-refractivity contribution in [1.82, 2.24) is 4.90 Å². The zero-order valence-corrected chi connectivity index (χ0v) is 21.9. The molecule has 172 valence electrons. The Balaban J connectivity index is 2.25. The summed E-state index contributed by atoms with van der Waals surface area (Å²) in [6.07, 6.45) is 7.01. The number of hydrogen-bond acceptors (Lipinski definition) is 2. The number of fused-ring (bicyclic) bond motifs is 2. The minimum Gasteiger partial charge on any atom is -0.325 e. The van der Waals surface area contributed by atoms with E-state index in [1.165, 1.54) is 0 Å². The van der Waals surface area contributed by atoms with E-state index in [9.17, 15) is 4.79 Å². The monoisotopic (exact) mass is 448 g/mol. The number of rotatable bonds is 6. The molecular weight excluding hydrogens is 408 g/mol. The Morgan fingerprint density at radius 2 is 1.81 bits per heavy atom. The SMILES string of the molecule is C=CCN1C(/C=C/C)C[C@@]2(C(=O)Nc3ccccc32)[C@@H]1C#C[Si](C(C)C)(C(C)C)C(C)C. The van der Waals surface area contributed by atoms with Crippen molar-refractivity contribution in [2.75, 3.05) is 11.9 Å². The van der Waals surface area contributed by atoms with Gasteiger partial charge in [-0.25, -0.2) is 0 Å². The highest BCUT2D eigenvalue weighted by Gasteiger charge is 2.60. The van der Waals surface area contributed by atoms with Crippen molar-refractivity contribution in [2.24, 2.45) is 0 Å². The van der Waals surface area contributed by atoms with Crippen LogP contribution in [0.25, 0.3) is 0 Å². The third-order valence-electron chi connectivity index (χ3n) is 7.86. The second kappa shape index (κ2) is 9.41. The third-order valence-corrected chi connectivity index (χ3v) is 14.2. The van der Waals surface area contributed by atoms with Crippen LogP contribution in [0.1, 0.15) is 60.5 Å². The van der Waals surface area contributed by atoms with E-state index in [-0.39, 0.29) is 18.0 Å². The first-order valence-corrected chi connectivity index (χ1v) is 14.3. The molecule has 1 spiro atoms. The number of nitrogens with zero attached hydrogens (tertiary/aromatic N) is 1. The molecule has 1 aromatic rings. The molecule has 0 aromatic heterocycles. The topological polar surface area (TPSA) is 32.3 Å². The molecule has 2 heterocycles. The quantitative estimate of drug-likeness (QED) is 0.314. The number of anilines is 1. The average Bonchev–Trinajstić information content (AvgIpc) is 3.18. The van der Waals surface area contributed by atoms with Crippen LogP contribution in [0.3, 0.4) is 0 Å². The molecule has 2 aliphatic heterocycles. The van der Waals surface area contributed by atoms with Crippen LogP contribution >= 0.6 is 0 Å². The van der Waals surface area contributed by atoms with Crippen molar-refractivity contribution in [3.05, 3.63) is 54.6 Å². The molecule has 3 rings (SSSR count). The molecule has 1 aromatic carbocycles. The lowest BCUT2D eigenvalue weighted by Gasteiger charge is -2.39. The molecule has 0 saturated carbocycles. The van der Waals surface area contributed by atoms with Gasteiger partial charge in [0.25, 0.3) is 0 Å². The van der Waals surface area contributed by atoms with Gasteiger partial charge in [-0.15, -0.1) is 12.1 Å². The van der Waals surface area contributed by atoms with E-state index in [0.29, 0.717) is 23.2 Å². The van der Waals surface area contributed by atoms with E-state index in [0.717, 1.165) is 17.7 Å². The molecule has 4 heteroatoms. The molecule has 2 aliphatic rings. The number of likely N-dealkylation sites (tertiary alicyclic amines) is 1. The van der Waals surface area contributed by atoms with Crippen molar-refractivity contribution < 1.29 is 4.79 Å². The Labute approximate surface area is 196 Å². The third kappa shape index (κ3) is 3.70. The lowest BCUT2D eigenvalue weighted by molar-refractivity contribution is -0.121. The summed E-state index contributed by atoms with van der Waals surface area (Å²) in [5.41, 5.74) is 6.97. The Morgan fingerprint density at radius 1 is 1.19 bits per heavy atom. The highest BCUT2D eigenvalue weighted by Crippen LogP contribution is 2.51. The number of nitrogens with one attached hydrogen (secondary N) is 1. The standard InChI is InChI=1S/C28H40N2OSi/c1-9-13-23-19-28(24-14-11-12-15-25(24)29-27(28)31)26(30(23)17-10-2)16-18-32(20(3)4,21(5)6)22(7)8/h9-15,20-23,26H,2,17,19H2,1,3-8H3,(H,29,31)/b13-9+/t23?,26-,28-/m0/s1. The maximum atomic E-state index is 13.6. The Morgan fingerprint density at radius 3 is 2.38 bits per heavy atom. The predicted molar refractivity (Wildman–Crippen MR) is 139 cm³/mol. The molecule has 1 unspecified atom stereocenters. The first-order chi connectivity index (χ1) is 15.2. The van der Waals surface area contributed by atoms with Crippen molar-refractivity contribution >= 4 is 19.7 Å². The number of carbonyl (C=O) groups excluding carboxylic acids is 1. The Bertz CT molecular complexity index is 930. The van der Waals surface area contributed by atoms with E-state index in [2.05, 4.69) is 94.9 Å². The van der Waals surface area contributed by atoms with Gasteiger partial charge in [0.15, 0.2) is 0 Å². The van der Waals surface area contributed by atoms with Gasteiger partial charge in [0, 0.05) is 18.3 Å². The van der Waals surface area contributed by atoms with Crippen molar-refractivity contribution in [1.29, 1.82) is 0 Å². The lowest BCUT2D eigenvalue weighted by Crippen LogP contribution is -2.48. The molecular formula is C28H40N2OSi. The van der Waals surface area contributed by atoms with E-state index in [4.69, 9.17) is 0 Å². The predicted octanol–water partition coefficient (Wildman–Crippen LogP) is 6.30. The molecule has 1 saturated heterocycles. The van der Waals surface area contributed by atoms with Crippen LogP contribution in [-0.2, 0) is 10.2 Å². The second-order valence-electron chi connectivity index (χ2n) is 10.3. The molecule has 0 aliphatic carbocycles. The molecule has 1 N–H and O–H groups in total. The van der Waals surface area contributed by atoms with Crippen molar-refractivity contribution in [3.63, 3.8) is 0 Å². The highest BCUT2D eigenvalue weighted by molar-refractivity contribution is 6.90. The first-order valence-electron chi connectivity index (χ1n) is 12.1. The summed E-state index contributed by atoms with van der Waals surface area (Å²) in [6.45, 7) is 20.8. The van der Waals surface area contributed by atoms with E-state index in [1.807, 2.05) is 24.3 Å². The number of carbonyl (C=O) groups is 1. The normalized spacial score (nSPS) is 25.6. The van der Waals surface area contributed by atoms with Crippen LogP contribution in [0.15, 0.2) is 49.1 Å². The fraction of sp³-hybridized carbons (Fsp3) is 0.536. The maximum Gasteiger partial charge on any atom is 0.237 e. The Kier molecular flexibility index (Phi) is 7.22. The van der Waals surface area contributed by atoms with Gasteiger partial charge in [-0.3, -0.25) is 9.69 Å². The van der Waals surface area contributed by atoms with Crippen molar-refractivity contribution in [3.8, 4) is 11.5 Å². The van der Waals surface area contributed by atoms with Crippen LogP contribution < -0.4 is 5.32 Å². The zero-order valence-electron chi connectivity index (χ0n) is 20.9. The van der Waals surface area contributed by atoms with Crippen LogP contribution in [0.4, 0.5) is 5.69 Å². The summed E-state index contributed by atoms with van der Waals surface area (Å²) in [6, 6.07) is 8.15. The van der Waals surface area contributed by atoms with Crippen molar-refractivity contribution in [2.45, 2.75) is 89.0 Å². The summed E-state index contributed by atoms with van der Waals surface area (Å²) in [4.78, 5) is 16.0. The molecule has 0 bridgehead atoms. The van der Waals surface area contributed by atoms with Gasteiger partial charge in [-0.1, -0.05) is 83.9 Å². The summed E-state index contributed by atoms with van der Waals surface area (Å²) in [7, 11) is -1.93. The van der Waals surface area contributed by atoms with Crippen LogP contribution in [-0.4, -0.2) is 37.5 Å². The number of allylic oxidation sites excluding steroid dienone is 1. The summed E-state index contributed by atoms with van der Waals surface area (Å²) < 4.78 is 0. The maximum absolute atomic E-state index is 13.6. The lowest BCUT2D eigenvalue weighted by atomic mass is 9.74. The zero-order chi connectivity index (χ0) is 23.7. The molecule has 1 amide bonds. The summed E-state index contributed by atoms with van der Waals surface area (Å²) in [5.74, 6) is 3.88. The number of para-hydroxylation sites is 1. The fourth-order valence-corrected chi connectivity index (χ4v) is 11.7. The van der Waals surface area contributed by atoms with Gasteiger partial charge >= 0.3 is 0 Å². The Hall–Kier alpha value is -2.09. The van der Waals surface area contributed by atoms with Gasteiger partial charge in [-0.05, 0) is 41.6 Å². The highest BCUT2D eigenvalue weighted by atomic mass is 28.3. The average molecular weight is 449 g/mol.